The van der Waals surface area contributed by atoms with Gasteiger partial charge >= 0.3 is 0 Å². The number of nitrogens with zero attached hydrogens (tertiary/aromatic N) is 2. The number of aromatic nitrogens is 2. The largest absolute Gasteiger partial charge is 0.330 e. The predicted octanol–water partition coefficient (Wildman–Crippen LogP) is 2.39. The Morgan fingerprint density at radius 3 is 2.25 bits per heavy atom. The van der Waals surface area contributed by atoms with Crippen molar-refractivity contribution in [3.63, 3.8) is 0 Å². The van der Waals surface area contributed by atoms with Gasteiger partial charge < -0.3 is 5.73 Å². The monoisotopic (exact) mass is 223 g/mol. The standard InChI is InChI=1S/C13H25N3/c1-9(8-14)7-12-10(2)15-16(11(12)3)13(4,5)6/h9H,7-8,14H2,1-6H3. The molecule has 1 atom stereocenters. The van der Waals surface area contributed by atoms with E-state index in [1.807, 2.05) is 0 Å². The zero-order valence-electron chi connectivity index (χ0n) is 11.5. The van der Waals surface area contributed by atoms with Gasteiger partial charge in [-0.15, -0.1) is 0 Å². The maximum absolute atomic E-state index is 5.69. The Morgan fingerprint density at radius 2 is 1.88 bits per heavy atom. The molecule has 0 fully saturated rings. The average Bonchev–Trinajstić information content (AvgIpc) is 2.44. The quantitative estimate of drug-likeness (QED) is 0.855. The van der Waals surface area contributed by atoms with Crippen LogP contribution in [0.25, 0.3) is 0 Å². The highest BCUT2D eigenvalue weighted by Gasteiger charge is 2.21. The molecule has 0 saturated heterocycles. The second-order valence-corrected chi connectivity index (χ2v) is 5.78. The van der Waals surface area contributed by atoms with Crippen LogP contribution in [0.15, 0.2) is 0 Å². The summed E-state index contributed by atoms with van der Waals surface area (Å²) in [6.45, 7) is 13.7. The first-order valence-electron chi connectivity index (χ1n) is 6.03. The molecule has 1 heterocycles. The van der Waals surface area contributed by atoms with E-state index in [9.17, 15) is 0 Å². The fourth-order valence-corrected chi connectivity index (χ4v) is 2.06. The molecule has 0 aromatic carbocycles. The van der Waals surface area contributed by atoms with Crippen LogP contribution < -0.4 is 5.73 Å². The van der Waals surface area contributed by atoms with Gasteiger partial charge in [-0.05, 0) is 59.1 Å². The highest BCUT2D eigenvalue weighted by Crippen LogP contribution is 2.23. The smallest absolute Gasteiger partial charge is 0.0628 e. The lowest BCUT2D eigenvalue weighted by molar-refractivity contribution is 0.346. The molecule has 3 nitrogen and oxygen atoms in total. The summed E-state index contributed by atoms with van der Waals surface area (Å²) in [7, 11) is 0. The van der Waals surface area contributed by atoms with Gasteiger partial charge in [0.05, 0.1) is 11.2 Å². The van der Waals surface area contributed by atoms with E-state index in [0.29, 0.717) is 5.92 Å². The fraction of sp³-hybridized carbons (Fsp3) is 0.769. The van der Waals surface area contributed by atoms with Gasteiger partial charge in [-0.3, -0.25) is 4.68 Å². The van der Waals surface area contributed by atoms with Crippen LogP contribution in [0.1, 0.15) is 44.6 Å². The van der Waals surface area contributed by atoms with Crippen LogP contribution in [0, 0.1) is 19.8 Å². The van der Waals surface area contributed by atoms with Crippen molar-refractivity contribution in [2.75, 3.05) is 6.54 Å². The second-order valence-electron chi connectivity index (χ2n) is 5.78. The van der Waals surface area contributed by atoms with Crippen molar-refractivity contribution in [2.45, 2.75) is 53.5 Å². The van der Waals surface area contributed by atoms with Crippen LogP contribution in [-0.2, 0) is 12.0 Å². The third-order valence-electron chi connectivity index (χ3n) is 3.03. The van der Waals surface area contributed by atoms with Crippen LogP contribution in [-0.4, -0.2) is 16.3 Å². The first-order valence-corrected chi connectivity index (χ1v) is 6.03. The maximum Gasteiger partial charge on any atom is 0.0628 e. The minimum absolute atomic E-state index is 0.0546. The molecular formula is C13H25N3. The third-order valence-corrected chi connectivity index (χ3v) is 3.03. The first kappa shape index (κ1) is 13.2. The van der Waals surface area contributed by atoms with Crippen molar-refractivity contribution in [1.82, 2.24) is 9.78 Å². The van der Waals surface area contributed by atoms with E-state index in [0.717, 1.165) is 18.7 Å². The minimum Gasteiger partial charge on any atom is -0.330 e. The van der Waals surface area contributed by atoms with Gasteiger partial charge in [-0.2, -0.15) is 5.10 Å². The van der Waals surface area contributed by atoms with E-state index in [1.165, 1.54) is 11.3 Å². The fourth-order valence-electron chi connectivity index (χ4n) is 2.06. The Bertz CT molecular complexity index is 358. The molecule has 1 unspecified atom stereocenters. The molecule has 0 radical (unpaired) electrons. The summed E-state index contributed by atoms with van der Waals surface area (Å²) in [6, 6.07) is 0. The molecule has 1 aromatic rings. The van der Waals surface area contributed by atoms with Gasteiger partial charge in [0.15, 0.2) is 0 Å². The second kappa shape index (κ2) is 4.58. The van der Waals surface area contributed by atoms with E-state index in [4.69, 9.17) is 5.73 Å². The molecule has 1 aromatic heterocycles. The van der Waals surface area contributed by atoms with Gasteiger partial charge in [-0.1, -0.05) is 6.92 Å². The molecule has 0 aliphatic carbocycles. The number of hydrogen-bond donors (Lipinski definition) is 1. The molecule has 92 valence electrons. The first-order chi connectivity index (χ1) is 7.27. The van der Waals surface area contributed by atoms with Gasteiger partial charge in [-0.25, -0.2) is 0 Å². The van der Waals surface area contributed by atoms with Crippen LogP contribution in [0.4, 0.5) is 0 Å². The molecule has 0 spiro atoms. The lowest BCUT2D eigenvalue weighted by atomic mass is 9.99. The molecule has 0 amide bonds. The molecule has 1 rings (SSSR count). The normalized spacial score (nSPS) is 14.2. The SMILES string of the molecule is Cc1nn(C(C)(C)C)c(C)c1CC(C)CN. The Balaban J connectivity index is 3.08. The summed E-state index contributed by atoms with van der Waals surface area (Å²) in [6.07, 6.45) is 1.03. The Morgan fingerprint density at radius 1 is 1.31 bits per heavy atom. The summed E-state index contributed by atoms with van der Waals surface area (Å²) >= 11 is 0. The van der Waals surface area contributed by atoms with E-state index >= 15 is 0 Å². The predicted molar refractivity (Wildman–Crippen MR) is 68.6 cm³/mol. The van der Waals surface area contributed by atoms with Crippen molar-refractivity contribution in [2.24, 2.45) is 11.7 Å². The number of nitrogens with two attached hydrogens (primary N) is 1. The van der Waals surface area contributed by atoms with Crippen molar-refractivity contribution < 1.29 is 0 Å². The maximum atomic E-state index is 5.69. The highest BCUT2D eigenvalue weighted by molar-refractivity contribution is 5.26. The van der Waals surface area contributed by atoms with Gasteiger partial charge in [0.25, 0.3) is 0 Å². The Labute approximate surface area is 99.0 Å². The number of aryl methyl sites for hydroxylation is 1. The van der Waals surface area contributed by atoms with E-state index in [-0.39, 0.29) is 5.54 Å². The summed E-state index contributed by atoms with van der Waals surface area (Å²) in [4.78, 5) is 0. The van der Waals surface area contributed by atoms with Crippen molar-refractivity contribution in [3.05, 3.63) is 17.0 Å². The average molecular weight is 223 g/mol. The summed E-state index contributed by atoms with van der Waals surface area (Å²) in [5.41, 5.74) is 9.54. The van der Waals surface area contributed by atoms with Gasteiger partial charge in [0, 0.05) is 5.69 Å². The highest BCUT2D eigenvalue weighted by atomic mass is 15.3. The van der Waals surface area contributed by atoms with Gasteiger partial charge in [0.2, 0.25) is 0 Å². The van der Waals surface area contributed by atoms with E-state index in [2.05, 4.69) is 51.3 Å². The summed E-state index contributed by atoms with van der Waals surface area (Å²) in [5.74, 6) is 0.523. The number of hydrogen-bond acceptors (Lipinski definition) is 2. The van der Waals surface area contributed by atoms with Gasteiger partial charge in [0.1, 0.15) is 0 Å². The zero-order chi connectivity index (χ0) is 12.5. The van der Waals surface area contributed by atoms with Crippen molar-refractivity contribution in [1.29, 1.82) is 0 Å². The summed E-state index contributed by atoms with van der Waals surface area (Å²) < 4.78 is 2.13. The zero-order valence-corrected chi connectivity index (χ0v) is 11.5. The van der Waals surface area contributed by atoms with Crippen LogP contribution >= 0.6 is 0 Å². The molecule has 0 aliphatic rings. The van der Waals surface area contributed by atoms with Crippen LogP contribution in [0.5, 0.6) is 0 Å². The Hall–Kier alpha value is -0.830. The lowest BCUT2D eigenvalue weighted by Crippen LogP contribution is -2.24. The molecule has 3 heteroatoms. The third kappa shape index (κ3) is 2.64. The number of rotatable bonds is 3. The topological polar surface area (TPSA) is 43.8 Å². The van der Waals surface area contributed by atoms with Crippen LogP contribution in [0.2, 0.25) is 0 Å². The molecule has 2 N–H and O–H groups in total. The van der Waals surface area contributed by atoms with E-state index < -0.39 is 0 Å². The summed E-state index contributed by atoms with van der Waals surface area (Å²) in [5, 5.41) is 4.64. The van der Waals surface area contributed by atoms with E-state index in [1.54, 1.807) is 0 Å². The van der Waals surface area contributed by atoms with Crippen LogP contribution in [0.3, 0.4) is 0 Å². The lowest BCUT2D eigenvalue weighted by Gasteiger charge is -2.21. The molecule has 0 bridgehead atoms. The molecular weight excluding hydrogens is 198 g/mol. The van der Waals surface area contributed by atoms with Crippen molar-refractivity contribution in [3.8, 4) is 0 Å². The molecule has 0 saturated carbocycles. The molecule has 16 heavy (non-hydrogen) atoms. The molecule has 0 aliphatic heterocycles. The van der Waals surface area contributed by atoms with Crippen molar-refractivity contribution >= 4 is 0 Å². The minimum atomic E-state index is 0.0546. The Kier molecular flexibility index (Phi) is 3.79.